The van der Waals surface area contributed by atoms with Crippen LogP contribution >= 0.6 is 0 Å². The Balaban J connectivity index is 1.65. The van der Waals surface area contributed by atoms with Gasteiger partial charge in [-0.2, -0.15) is 0 Å². The molecule has 116 valence electrons. The number of allylic oxidation sites excluding steroid dienone is 2. The Bertz CT molecular complexity index is 267. The van der Waals surface area contributed by atoms with Crippen molar-refractivity contribution >= 4 is 0 Å². The third kappa shape index (κ3) is 4.91. The molecule has 0 N–H and O–H groups in total. The second-order valence-corrected chi connectivity index (χ2v) is 7.02. The van der Waals surface area contributed by atoms with Crippen LogP contribution in [0.15, 0.2) is 12.2 Å². The number of hydrogen-bond acceptors (Lipinski definition) is 1. The summed E-state index contributed by atoms with van der Waals surface area (Å²) in [5, 5.41) is 0. The zero-order valence-corrected chi connectivity index (χ0v) is 13.7. The first-order valence-electron chi connectivity index (χ1n) is 9.03. The minimum absolute atomic E-state index is 0.559. The molecule has 0 aromatic heterocycles. The zero-order chi connectivity index (χ0) is 14.2. The van der Waals surface area contributed by atoms with Gasteiger partial charge in [-0.15, -0.1) is 0 Å². The van der Waals surface area contributed by atoms with E-state index < -0.39 is 0 Å². The Morgan fingerprint density at radius 1 is 0.900 bits per heavy atom. The summed E-state index contributed by atoms with van der Waals surface area (Å²) < 4.78 is 5.50. The van der Waals surface area contributed by atoms with Crippen LogP contribution in [0.4, 0.5) is 0 Å². The van der Waals surface area contributed by atoms with Crippen LogP contribution in [-0.4, -0.2) is 13.2 Å². The Morgan fingerprint density at radius 3 is 2.05 bits per heavy atom. The lowest BCUT2D eigenvalue weighted by Gasteiger charge is -2.37. The van der Waals surface area contributed by atoms with Crippen molar-refractivity contribution in [2.45, 2.75) is 83.7 Å². The first-order valence-corrected chi connectivity index (χ1v) is 9.03. The van der Waals surface area contributed by atoms with Crippen molar-refractivity contribution in [3.05, 3.63) is 12.2 Å². The molecule has 2 saturated carbocycles. The summed E-state index contributed by atoms with van der Waals surface area (Å²) in [7, 11) is 1.88. The molecule has 0 atom stereocenters. The largest absolute Gasteiger partial charge is 0.381 e. The van der Waals surface area contributed by atoms with Crippen molar-refractivity contribution < 1.29 is 4.74 Å². The van der Waals surface area contributed by atoms with Crippen LogP contribution in [0.1, 0.15) is 77.6 Å². The lowest BCUT2D eigenvalue weighted by molar-refractivity contribution is 0.0405. The van der Waals surface area contributed by atoms with Gasteiger partial charge in [-0.1, -0.05) is 31.9 Å². The molecule has 0 heterocycles. The van der Waals surface area contributed by atoms with Gasteiger partial charge >= 0.3 is 0 Å². The smallest absolute Gasteiger partial charge is 0.0571 e. The van der Waals surface area contributed by atoms with E-state index in [9.17, 15) is 0 Å². The van der Waals surface area contributed by atoms with E-state index in [0.717, 1.165) is 17.8 Å². The van der Waals surface area contributed by atoms with Gasteiger partial charge in [-0.3, -0.25) is 0 Å². The molecule has 0 aliphatic heterocycles. The second-order valence-electron chi connectivity index (χ2n) is 7.02. The third-order valence-electron chi connectivity index (χ3n) is 5.67. The third-order valence-corrected chi connectivity index (χ3v) is 5.67. The van der Waals surface area contributed by atoms with Crippen molar-refractivity contribution in [2.24, 2.45) is 17.8 Å². The number of methoxy groups -OCH3 is 1. The van der Waals surface area contributed by atoms with Crippen molar-refractivity contribution in [3.63, 3.8) is 0 Å². The molecule has 2 aliphatic rings. The Morgan fingerprint density at radius 2 is 1.50 bits per heavy atom. The molecule has 0 aromatic carbocycles. The van der Waals surface area contributed by atoms with Gasteiger partial charge in [0.25, 0.3) is 0 Å². The maximum absolute atomic E-state index is 5.50. The van der Waals surface area contributed by atoms with E-state index in [0.29, 0.717) is 6.10 Å². The maximum Gasteiger partial charge on any atom is 0.0571 e. The highest BCUT2D eigenvalue weighted by Gasteiger charge is 2.30. The summed E-state index contributed by atoms with van der Waals surface area (Å²) in [5.74, 6) is 2.91. The average molecular weight is 278 g/mol. The van der Waals surface area contributed by atoms with Crippen LogP contribution in [0.2, 0.25) is 0 Å². The van der Waals surface area contributed by atoms with E-state index >= 15 is 0 Å². The SMILES string of the molecule is CCCCC=CC1CCC(C2CCC(OC)CC2)CC1. The van der Waals surface area contributed by atoms with Crippen molar-refractivity contribution in [1.29, 1.82) is 0 Å². The molecule has 0 radical (unpaired) electrons. The van der Waals surface area contributed by atoms with Crippen molar-refractivity contribution in [1.82, 2.24) is 0 Å². The first-order chi connectivity index (χ1) is 9.83. The second kappa shape index (κ2) is 8.87. The quantitative estimate of drug-likeness (QED) is 0.444. The summed E-state index contributed by atoms with van der Waals surface area (Å²) in [6, 6.07) is 0. The predicted octanol–water partition coefficient (Wildman–Crippen LogP) is 5.74. The summed E-state index contributed by atoms with van der Waals surface area (Å²) in [6.45, 7) is 2.28. The minimum Gasteiger partial charge on any atom is -0.381 e. The fourth-order valence-electron chi connectivity index (χ4n) is 4.22. The molecule has 2 aliphatic carbocycles. The van der Waals surface area contributed by atoms with E-state index in [1.54, 1.807) is 0 Å². The van der Waals surface area contributed by atoms with Crippen LogP contribution < -0.4 is 0 Å². The molecule has 1 nitrogen and oxygen atoms in total. The highest BCUT2D eigenvalue weighted by molar-refractivity contribution is 4.92. The normalized spacial score (nSPS) is 35.5. The molecule has 0 bridgehead atoms. The van der Waals surface area contributed by atoms with Crippen LogP contribution in [0.5, 0.6) is 0 Å². The van der Waals surface area contributed by atoms with E-state index in [2.05, 4.69) is 19.1 Å². The molecule has 0 aromatic rings. The van der Waals surface area contributed by atoms with E-state index in [-0.39, 0.29) is 0 Å². The summed E-state index contributed by atoms with van der Waals surface area (Å²) in [5.41, 5.74) is 0. The van der Waals surface area contributed by atoms with Crippen molar-refractivity contribution in [3.8, 4) is 0 Å². The average Bonchev–Trinajstić information content (AvgIpc) is 2.52. The van der Waals surface area contributed by atoms with Crippen LogP contribution in [0.25, 0.3) is 0 Å². The van der Waals surface area contributed by atoms with Gasteiger partial charge in [0.15, 0.2) is 0 Å². The lowest BCUT2D eigenvalue weighted by Crippen LogP contribution is -2.27. The van der Waals surface area contributed by atoms with E-state index in [1.165, 1.54) is 70.6 Å². The fourth-order valence-corrected chi connectivity index (χ4v) is 4.22. The Labute approximate surface area is 126 Å². The number of rotatable bonds is 6. The summed E-state index contributed by atoms with van der Waals surface area (Å²) >= 11 is 0. The van der Waals surface area contributed by atoms with E-state index in [1.807, 2.05) is 7.11 Å². The topological polar surface area (TPSA) is 9.23 Å². The highest BCUT2D eigenvalue weighted by Crippen LogP contribution is 2.40. The molecule has 0 spiro atoms. The van der Waals surface area contributed by atoms with E-state index in [4.69, 9.17) is 4.74 Å². The Kier molecular flexibility index (Phi) is 7.13. The van der Waals surface area contributed by atoms with Crippen LogP contribution in [0, 0.1) is 17.8 Å². The molecule has 0 amide bonds. The van der Waals surface area contributed by atoms with Crippen LogP contribution in [0.3, 0.4) is 0 Å². The number of hydrogen-bond donors (Lipinski definition) is 0. The lowest BCUT2D eigenvalue weighted by atomic mass is 9.70. The highest BCUT2D eigenvalue weighted by atomic mass is 16.5. The van der Waals surface area contributed by atoms with Gasteiger partial charge in [0.2, 0.25) is 0 Å². The van der Waals surface area contributed by atoms with Gasteiger partial charge in [0.05, 0.1) is 6.10 Å². The number of unbranched alkanes of at least 4 members (excludes halogenated alkanes) is 2. The van der Waals surface area contributed by atoms with Gasteiger partial charge < -0.3 is 4.74 Å². The van der Waals surface area contributed by atoms with Gasteiger partial charge in [-0.05, 0) is 75.5 Å². The molecule has 0 unspecified atom stereocenters. The van der Waals surface area contributed by atoms with Gasteiger partial charge in [0.1, 0.15) is 0 Å². The molecule has 0 saturated heterocycles. The molecule has 2 rings (SSSR count). The first kappa shape index (κ1) is 16.1. The standard InChI is InChI=1S/C19H34O/c1-3-4-5-6-7-16-8-10-17(11-9-16)18-12-14-19(20-2)15-13-18/h6-7,16-19H,3-5,8-15H2,1-2H3. The fraction of sp³-hybridized carbons (Fsp3) is 0.895. The van der Waals surface area contributed by atoms with Gasteiger partial charge in [-0.25, -0.2) is 0 Å². The predicted molar refractivity (Wildman–Crippen MR) is 86.9 cm³/mol. The zero-order valence-electron chi connectivity index (χ0n) is 13.7. The van der Waals surface area contributed by atoms with Gasteiger partial charge in [0, 0.05) is 7.11 Å². The molecular formula is C19H34O. The van der Waals surface area contributed by atoms with Crippen molar-refractivity contribution in [2.75, 3.05) is 7.11 Å². The monoisotopic (exact) mass is 278 g/mol. The molecular weight excluding hydrogens is 244 g/mol. The molecule has 2 fully saturated rings. The number of ether oxygens (including phenoxy) is 1. The minimum atomic E-state index is 0.559. The summed E-state index contributed by atoms with van der Waals surface area (Å²) in [4.78, 5) is 0. The molecule has 20 heavy (non-hydrogen) atoms. The van der Waals surface area contributed by atoms with Crippen LogP contribution in [-0.2, 0) is 4.74 Å². The maximum atomic E-state index is 5.50. The Hall–Kier alpha value is -0.300. The summed E-state index contributed by atoms with van der Waals surface area (Å²) in [6.07, 6.45) is 20.8. The molecule has 1 heteroatoms.